The number of ether oxygens (including phenoxy) is 1. The van der Waals surface area contributed by atoms with Gasteiger partial charge in [-0.1, -0.05) is 18.2 Å². The summed E-state index contributed by atoms with van der Waals surface area (Å²) in [7, 11) is 0. The van der Waals surface area contributed by atoms with Crippen LogP contribution < -0.4 is 10.1 Å². The number of nitro benzene ring substituents is 1. The van der Waals surface area contributed by atoms with Gasteiger partial charge < -0.3 is 19.6 Å². The van der Waals surface area contributed by atoms with Crippen LogP contribution in [0.5, 0.6) is 11.5 Å². The molecule has 0 unspecified atom stereocenters. The molecule has 0 radical (unpaired) electrons. The minimum absolute atomic E-state index is 0.0137. The lowest BCUT2D eigenvalue weighted by Crippen LogP contribution is -2.19. The number of carbonyl (C=O) groups excluding carboxylic acids is 1. The minimum atomic E-state index is -0.751. The van der Waals surface area contributed by atoms with E-state index in [1.165, 1.54) is 10.7 Å². The number of nitro groups is 1. The molecule has 1 aromatic heterocycles. The molecule has 1 amide bonds. The van der Waals surface area contributed by atoms with Crippen LogP contribution in [0, 0.1) is 21.9 Å². The van der Waals surface area contributed by atoms with Crippen molar-refractivity contribution in [2.24, 2.45) is 0 Å². The molecule has 0 atom stereocenters. The van der Waals surface area contributed by atoms with Gasteiger partial charge in [0, 0.05) is 11.8 Å². The van der Waals surface area contributed by atoms with Crippen LogP contribution in [0.4, 0.5) is 11.4 Å². The van der Waals surface area contributed by atoms with Crippen LogP contribution >= 0.6 is 12.2 Å². The lowest BCUT2D eigenvalue weighted by molar-refractivity contribution is -0.385. The smallest absolute Gasteiger partial charge is 0.312 e. The number of nitrogens with one attached hydrogen (secondary N) is 1. The highest BCUT2D eigenvalue weighted by Gasteiger charge is 2.16. The number of carbonyl (C=O) groups is 1. The maximum atomic E-state index is 12.2. The van der Waals surface area contributed by atoms with Crippen LogP contribution in [0.15, 0.2) is 46.9 Å². The average molecular weight is 416 g/mol. The molecule has 1 heterocycles. The second kappa shape index (κ2) is 8.52. The van der Waals surface area contributed by atoms with E-state index < -0.39 is 22.3 Å². The lowest BCUT2D eigenvalue weighted by atomic mass is 10.2. The number of hydrogen-bond donors (Lipinski definition) is 2. The zero-order chi connectivity index (χ0) is 21.0. The number of hydrogen-bond acceptors (Lipinski definition) is 8. The number of anilines is 1. The number of para-hydroxylation sites is 1. The topological polar surface area (TPSA) is 133 Å². The molecule has 0 aliphatic carbocycles. The van der Waals surface area contributed by atoms with E-state index in [9.17, 15) is 20.0 Å². The molecule has 10 nitrogen and oxygen atoms in total. The normalized spacial score (nSPS) is 10.5. The molecule has 150 valence electrons. The Morgan fingerprint density at radius 2 is 2.14 bits per heavy atom. The second-order valence-electron chi connectivity index (χ2n) is 5.98. The molecule has 0 spiro atoms. The summed E-state index contributed by atoms with van der Waals surface area (Å²) in [6.07, 6.45) is 0. The summed E-state index contributed by atoms with van der Waals surface area (Å²) in [6, 6.07) is 11.0. The van der Waals surface area contributed by atoms with Gasteiger partial charge in [-0.2, -0.15) is 0 Å². The van der Waals surface area contributed by atoms with Crippen molar-refractivity contribution in [2.75, 3.05) is 5.32 Å². The van der Waals surface area contributed by atoms with E-state index in [0.29, 0.717) is 5.75 Å². The van der Waals surface area contributed by atoms with Gasteiger partial charge in [-0.25, -0.2) is 4.68 Å². The maximum Gasteiger partial charge on any atom is 0.312 e. The van der Waals surface area contributed by atoms with Crippen LogP contribution in [0.3, 0.4) is 0 Å². The largest absolute Gasteiger partial charge is 0.502 e. The third kappa shape index (κ3) is 4.96. The molecule has 29 heavy (non-hydrogen) atoms. The minimum Gasteiger partial charge on any atom is -0.502 e. The number of benzene rings is 2. The highest BCUT2D eigenvalue weighted by atomic mass is 32.1. The van der Waals surface area contributed by atoms with Gasteiger partial charge >= 0.3 is 5.69 Å². The van der Waals surface area contributed by atoms with Crippen molar-refractivity contribution in [3.05, 3.63) is 68.9 Å². The van der Waals surface area contributed by atoms with Gasteiger partial charge in [-0.05, 0) is 42.9 Å². The molecule has 0 bridgehead atoms. The quantitative estimate of drug-likeness (QED) is 0.259. The Kier molecular flexibility index (Phi) is 5.88. The number of phenols is 1. The molecule has 0 aliphatic heterocycles. The standard InChI is InChI=1S/C18H16N4O6S/c1-11-4-2-3-5-15(11)27-10-17-20-21(18(29)28-17)9-16(24)19-12-6-7-14(23)13(8-12)22(25)26/h2-8,23H,9-10H2,1H3,(H,19,24). The number of rotatable bonds is 7. The first-order valence-electron chi connectivity index (χ1n) is 8.36. The Labute approximate surface area is 169 Å². The summed E-state index contributed by atoms with van der Waals surface area (Å²) in [5.74, 6) is -0.146. The Balaban J connectivity index is 1.64. The van der Waals surface area contributed by atoms with Gasteiger partial charge in [0.05, 0.1) is 4.92 Å². The first kappa shape index (κ1) is 20.0. The van der Waals surface area contributed by atoms with Crippen molar-refractivity contribution in [1.82, 2.24) is 9.78 Å². The molecule has 0 aliphatic rings. The number of aromatic nitrogens is 2. The zero-order valence-electron chi connectivity index (χ0n) is 15.2. The van der Waals surface area contributed by atoms with Crippen LogP contribution in [0.2, 0.25) is 0 Å². The average Bonchev–Trinajstić information content (AvgIpc) is 3.01. The SMILES string of the molecule is Cc1ccccc1OCc1nn(CC(=O)Nc2ccc(O)c([N+](=O)[O-])c2)c(=S)o1. The molecular formula is C18H16N4O6S. The van der Waals surface area contributed by atoms with Gasteiger partial charge in [0.1, 0.15) is 12.3 Å². The zero-order valence-corrected chi connectivity index (χ0v) is 16.0. The van der Waals surface area contributed by atoms with E-state index in [2.05, 4.69) is 10.4 Å². The van der Waals surface area contributed by atoms with Gasteiger partial charge in [-0.15, -0.1) is 5.10 Å². The van der Waals surface area contributed by atoms with E-state index in [-0.39, 0.29) is 29.6 Å². The molecule has 11 heteroatoms. The van der Waals surface area contributed by atoms with Crippen molar-refractivity contribution in [2.45, 2.75) is 20.1 Å². The number of nitrogens with zero attached hydrogens (tertiary/aromatic N) is 3. The van der Waals surface area contributed by atoms with Crippen LogP contribution in [-0.2, 0) is 17.9 Å². The van der Waals surface area contributed by atoms with Crippen molar-refractivity contribution in [3.63, 3.8) is 0 Å². The summed E-state index contributed by atoms with van der Waals surface area (Å²) in [5, 5.41) is 26.9. The molecule has 2 aromatic carbocycles. The van der Waals surface area contributed by atoms with E-state index in [4.69, 9.17) is 21.4 Å². The summed E-state index contributed by atoms with van der Waals surface area (Å²) in [6.45, 7) is 1.68. The summed E-state index contributed by atoms with van der Waals surface area (Å²) < 4.78 is 12.1. The van der Waals surface area contributed by atoms with Crippen molar-refractivity contribution in [1.29, 1.82) is 0 Å². The molecule has 0 saturated carbocycles. The molecule has 0 saturated heterocycles. The second-order valence-corrected chi connectivity index (χ2v) is 6.33. The fourth-order valence-corrected chi connectivity index (χ4v) is 2.65. The molecular weight excluding hydrogens is 400 g/mol. The Hall–Kier alpha value is -3.73. The molecule has 3 aromatic rings. The Morgan fingerprint density at radius 3 is 2.86 bits per heavy atom. The van der Waals surface area contributed by atoms with E-state index in [1.54, 1.807) is 0 Å². The predicted octanol–water partition coefficient (Wildman–Crippen LogP) is 3.35. The Bertz CT molecular complexity index is 1120. The number of amides is 1. The van der Waals surface area contributed by atoms with Gasteiger partial charge in [0.15, 0.2) is 12.4 Å². The van der Waals surface area contributed by atoms with E-state index in [0.717, 1.165) is 17.7 Å². The summed E-state index contributed by atoms with van der Waals surface area (Å²) in [5.41, 5.74) is 0.585. The third-order valence-corrected chi connectivity index (χ3v) is 4.14. The summed E-state index contributed by atoms with van der Waals surface area (Å²) >= 11 is 5.06. The van der Waals surface area contributed by atoms with Crippen LogP contribution in [-0.4, -0.2) is 25.7 Å². The number of aryl methyl sites for hydroxylation is 1. The fraction of sp³-hybridized carbons (Fsp3) is 0.167. The van der Waals surface area contributed by atoms with E-state index >= 15 is 0 Å². The predicted molar refractivity (Wildman–Crippen MR) is 104 cm³/mol. The van der Waals surface area contributed by atoms with E-state index in [1.807, 2.05) is 31.2 Å². The fourth-order valence-electron chi connectivity index (χ4n) is 2.45. The number of phenolic OH excluding ortho intramolecular Hbond substituents is 1. The molecule has 0 fully saturated rings. The Morgan fingerprint density at radius 1 is 1.38 bits per heavy atom. The van der Waals surface area contributed by atoms with Crippen molar-refractivity contribution < 1.29 is 24.0 Å². The highest BCUT2D eigenvalue weighted by molar-refractivity contribution is 7.71. The lowest BCUT2D eigenvalue weighted by Gasteiger charge is -2.06. The van der Waals surface area contributed by atoms with Gasteiger partial charge in [0.25, 0.3) is 10.7 Å². The molecule has 3 rings (SSSR count). The molecule has 2 N–H and O–H groups in total. The first-order valence-corrected chi connectivity index (χ1v) is 8.77. The van der Waals surface area contributed by atoms with Crippen LogP contribution in [0.25, 0.3) is 0 Å². The monoisotopic (exact) mass is 416 g/mol. The van der Waals surface area contributed by atoms with Gasteiger partial charge in [0.2, 0.25) is 5.91 Å². The van der Waals surface area contributed by atoms with Crippen molar-refractivity contribution in [3.8, 4) is 11.5 Å². The van der Waals surface area contributed by atoms with Crippen molar-refractivity contribution >= 4 is 29.5 Å². The first-order chi connectivity index (χ1) is 13.8. The highest BCUT2D eigenvalue weighted by Crippen LogP contribution is 2.28. The van der Waals surface area contributed by atoms with Crippen LogP contribution in [0.1, 0.15) is 11.5 Å². The third-order valence-electron chi connectivity index (χ3n) is 3.84. The van der Waals surface area contributed by atoms with Gasteiger partial charge in [-0.3, -0.25) is 14.9 Å². The summed E-state index contributed by atoms with van der Waals surface area (Å²) in [4.78, 5) is 22.3. The number of aromatic hydroxyl groups is 1. The maximum absolute atomic E-state index is 12.2.